The molecule has 0 rings (SSSR count). The predicted molar refractivity (Wildman–Crippen MR) is 283 cm³/mol. The molecular formula is C60H98O6. The number of carbonyl (C=O) groups is 3. The van der Waals surface area contributed by atoms with Crippen LogP contribution in [-0.4, -0.2) is 37.2 Å². The van der Waals surface area contributed by atoms with Gasteiger partial charge in [-0.05, 0) is 70.6 Å². The normalized spacial score (nSPS) is 13.0. The molecular weight excluding hydrogens is 817 g/mol. The molecule has 0 heterocycles. The summed E-state index contributed by atoms with van der Waals surface area (Å²) < 4.78 is 16.7. The van der Waals surface area contributed by atoms with E-state index in [1.165, 1.54) is 116 Å². The molecule has 0 amide bonds. The molecule has 0 aliphatic heterocycles. The van der Waals surface area contributed by atoms with E-state index in [-0.39, 0.29) is 37.5 Å². The first-order valence-corrected chi connectivity index (χ1v) is 27.0. The number of esters is 3. The third kappa shape index (κ3) is 51.1. The van der Waals surface area contributed by atoms with Gasteiger partial charge in [0, 0.05) is 19.3 Å². The SMILES string of the molecule is CC\C=C/C=C\C=C/C=C\C=C\C=C/CCCCCC(=O)OCC(COC(=O)CCCCCCCCCCCCCCCC)OC(=O)CCC/C=C\C/C=C\C/C=C\CCCCCCCC. The van der Waals surface area contributed by atoms with E-state index in [1.54, 1.807) is 0 Å². The molecule has 0 saturated heterocycles. The van der Waals surface area contributed by atoms with Crippen LogP contribution in [0.1, 0.15) is 233 Å². The van der Waals surface area contributed by atoms with E-state index >= 15 is 0 Å². The third-order valence-electron chi connectivity index (χ3n) is 11.2. The molecule has 0 bridgehead atoms. The lowest BCUT2D eigenvalue weighted by Gasteiger charge is -2.18. The van der Waals surface area contributed by atoms with Crippen molar-refractivity contribution >= 4 is 17.9 Å². The van der Waals surface area contributed by atoms with Gasteiger partial charge in [0.15, 0.2) is 6.10 Å². The highest BCUT2D eigenvalue weighted by molar-refractivity contribution is 5.71. The summed E-state index contributed by atoms with van der Waals surface area (Å²) in [6.45, 7) is 6.40. The molecule has 0 spiro atoms. The summed E-state index contributed by atoms with van der Waals surface area (Å²) in [6.07, 6.45) is 72.2. The van der Waals surface area contributed by atoms with Gasteiger partial charge in [-0.3, -0.25) is 14.4 Å². The highest BCUT2D eigenvalue weighted by Crippen LogP contribution is 2.14. The lowest BCUT2D eigenvalue weighted by Crippen LogP contribution is -2.30. The van der Waals surface area contributed by atoms with Crippen molar-refractivity contribution in [2.24, 2.45) is 0 Å². The predicted octanol–water partition coefficient (Wildman–Crippen LogP) is 17.9. The Balaban J connectivity index is 4.56. The van der Waals surface area contributed by atoms with Gasteiger partial charge in [-0.15, -0.1) is 0 Å². The summed E-state index contributed by atoms with van der Waals surface area (Å²) in [7, 11) is 0. The fraction of sp³-hybridized carbons (Fsp3) is 0.650. The summed E-state index contributed by atoms with van der Waals surface area (Å²) in [6, 6.07) is 0. The Morgan fingerprint density at radius 3 is 1.12 bits per heavy atom. The van der Waals surface area contributed by atoms with Crippen LogP contribution in [0.15, 0.2) is 109 Å². The smallest absolute Gasteiger partial charge is 0.306 e. The number of carbonyl (C=O) groups excluding carboxylic acids is 3. The molecule has 1 atom stereocenters. The van der Waals surface area contributed by atoms with Gasteiger partial charge in [0.2, 0.25) is 0 Å². The summed E-state index contributed by atoms with van der Waals surface area (Å²) in [5.41, 5.74) is 0. The first-order valence-electron chi connectivity index (χ1n) is 27.0. The second-order valence-corrected chi connectivity index (χ2v) is 17.6. The molecule has 0 aromatic carbocycles. The molecule has 0 aliphatic rings. The van der Waals surface area contributed by atoms with E-state index in [9.17, 15) is 14.4 Å². The molecule has 0 aliphatic carbocycles. The lowest BCUT2D eigenvalue weighted by molar-refractivity contribution is -0.167. The van der Waals surface area contributed by atoms with Crippen LogP contribution in [0.5, 0.6) is 0 Å². The minimum atomic E-state index is -0.823. The van der Waals surface area contributed by atoms with E-state index in [0.717, 1.165) is 70.6 Å². The van der Waals surface area contributed by atoms with Crippen LogP contribution in [0.4, 0.5) is 0 Å². The fourth-order valence-corrected chi connectivity index (χ4v) is 7.14. The van der Waals surface area contributed by atoms with Crippen LogP contribution in [0.25, 0.3) is 0 Å². The molecule has 0 radical (unpaired) electrons. The average molecular weight is 915 g/mol. The lowest BCUT2D eigenvalue weighted by atomic mass is 10.0. The number of hydrogen-bond donors (Lipinski definition) is 0. The number of ether oxygens (including phenoxy) is 3. The molecule has 1 unspecified atom stereocenters. The molecule has 0 N–H and O–H groups in total. The Bertz CT molecular complexity index is 1370. The van der Waals surface area contributed by atoms with Gasteiger partial charge in [-0.2, -0.15) is 0 Å². The fourth-order valence-electron chi connectivity index (χ4n) is 7.14. The number of allylic oxidation sites excluding steroid dienone is 18. The van der Waals surface area contributed by atoms with Crippen molar-refractivity contribution < 1.29 is 28.6 Å². The molecule has 0 aromatic rings. The maximum absolute atomic E-state index is 12.8. The van der Waals surface area contributed by atoms with E-state index in [4.69, 9.17) is 14.2 Å². The molecule has 0 saturated carbocycles. The highest BCUT2D eigenvalue weighted by atomic mass is 16.6. The summed E-state index contributed by atoms with van der Waals surface area (Å²) >= 11 is 0. The maximum atomic E-state index is 12.8. The number of hydrogen-bond acceptors (Lipinski definition) is 6. The second kappa shape index (κ2) is 53.7. The van der Waals surface area contributed by atoms with Crippen molar-refractivity contribution in [2.45, 2.75) is 239 Å². The third-order valence-corrected chi connectivity index (χ3v) is 11.2. The highest BCUT2D eigenvalue weighted by Gasteiger charge is 2.19. The zero-order chi connectivity index (χ0) is 47.9. The van der Waals surface area contributed by atoms with Gasteiger partial charge < -0.3 is 14.2 Å². The standard InChI is InChI=1S/C60H98O6/c1-4-7-10-13-16-19-22-25-28-30-32-35-38-41-44-47-50-53-59(62)65-56-57(55-64-58(61)52-49-46-43-40-37-34-27-24-21-18-15-12-9-6-3)66-60(63)54-51-48-45-42-39-36-33-31-29-26-23-20-17-14-11-8-5-2/h7,10,13,16,19,22,25-26,28-30,32-33,35-36,38,42,45,57H,4-6,8-9,11-12,14-15,17-18,20-21,23-24,27,31,34,37,39-41,43-44,46-56H2,1-3H3/b10-7-,16-13-,22-19-,28-25-,29-26-,32-30+,36-33-,38-35-,45-42-. The van der Waals surface area contributed by atoms with Crippen LogP contribution >= 0.6 is 0 Å². The quantitative estimate of drug-likeness (QED) is 0.0199. The minimum Gasteiger partial charge on any atom is -0.462 e. The molecule has 0 fully saturated rings. The zero-order valence-corrected chi connectivity index (χ0v) is 42.7. The second-order valence-electron chi connectivity index (χ2n) is 17.6. The van der Waals surface area contributed by atoms with Gasteiger partial charge in [-0.25, -0.2) is 0 Å². The first kappa shape index (κ1) is 62.1. The van der Waals surface area contributed by atoms with Crippen molar-refractivity contribution in [1.82, 2.24) is 0 Å². The van der Waals surface area contributed by atoms with Crippen molar-refractivity contribution in [1.29, 1.82) is 0 Å². The Kier molecular flexibility index (Phi) is 50.5. The first-order chi connectivity index (χ1) is 32.5. The Morgan fingerprint density at radius 2 is 0.667 bits per heavy atom. The summed E-state index contributed by atoms with van der Waals surface area (Å²) in [5, 5.41) is 0. The van der Waals surface area contributed by atoms with Crippen molar-refractivity contribution in [3.05, 3.63) is 109 Å². The van der Waals surface area contributed by atoms with Crippen LogP contribution in [0.2, 0.25) is 0 Å². The van der Waals surface area contributed by atoms with E-state index in [0.29, 0.717) is 19.3 Å². The molecule has 6 nitrogen and oxygen atoms in total. The number of unbranched alkanes of at least 4 members (excludes halogenated alkanes) is 23. The average Bonchev–Trinajstić information content (AvgIpc) is 3.31. The molecule has 66 heavy (non-hydrogen) atoms. The van der Waals surface area contributed by atoms with Crippen molar-refractivity contribution in [3.8, 4) is 0 Å². The summed E-state index contributed by atoms with van der Waals surface area (Å²) in [4.78, 5) is 38.0. The van der Waals surface area contributed by atoms with Crippen molar-refractivity contribution in [2.75, 3.05) is 13.2 Å². The van der Waals surface area contributed by atoms with Gasteiger partial charge in [0.05, 0.1) is 0 Å². The maximum Gasteiger partial charge on any atom is 0.306 e. The van der Waals surface area contributed by atoms with Crippen LogP contribution in [0.3, 0.4) is 0 Å². The Hall–Kier alpha value is -3.93. The number of rotatable bonds is 47. The van der Waals surface area contributed by atoms with E-state index in [1.807, 2.05) is 60.8 Å². The summed E-state index contributed by atoms with van der Waals surface area (Å²) in [5.74, 6) is -1.01. The Morgan fingerprint density at radius 1 is 0.333 bits per heavy atom. The van der Waals surface area contributed by atoms with Crippen LogP contribution in [-0.2, 0) is 28.6 Å². The molecule has 6 heteroatoms. The molecule has 0 aromatic heterocycles. The van der Waals surface area contributed by atoms with Gasteiger partial charge in [-0.1, -0.05) is 252 Å². The van der Waals surface area contributed by atoms with Crippen LogP contribution < -0.4 is 0 Å². The van der Waals surface area contributed by atoms with Crippen molar-refractivity contribution in [3.63, 3.8) is 0 Å². The largest absolute Gasteiger partial charge is 0.462 e. The van der Waals surface area contributed by atoms with Gasteiger partial charge in [0.25, 0.3) is 0 Å². The monoisotopic (exact) mass is 915 g/mol. The zero-order valence-electron chi connectivity index (χ0n) is 42.7. The van der Waals surface area contributed by atoms with E-state index < -0.39 is 6.10 Å². The molecule has 374 valence electrons. The Labute approximate surface area is 406 Å². The van der Waals surface area contributed by atoms with E-state index in [2.05, 4.69) is 69.4 Å². The minimum absolute atomic E-state index is 0.113. The van der Waals surface area contributed by atoms with Gasteiger partial charge in [0.1, 0.15) is 13.2 Å². The van der Waals surface area contributed by atoms with Crippen LogP contribution in [0, 0.1) is 0 Å². The van der Waals surface area contributed by atoms with Gasteiger partial charge >= 0.3 is 17.9 Å². The topological polar surface area (TPSA) is 78.9 Å².